The quantitative estimate of drug-likeness (QED) is 0.698. The standard InChI is InChI=1S/C15H28ClN5/c16-13-3-1-2-12(9-13)11-6-4-10(5-7-11)8-14(17)15-18-20-21-19-15/h10-15H,1-9,17H2,(H,18,21)(H,19,20)/t10?,11?,12?,13?,14-/m0/s1. The largest absolute Gasteiger partial charge is 0.324 e. The van der Waals surface area contributed by atoms with Crippen LogP contribution in [0.5, 0.6) is 0 Å². The molecule has 120 valence electrons. The lowest BCUT2D eigenvalue weighted by Gasteiger charge is -2.37. The first-order chi connectivity index (χ1) is 10.2. The van der Waals surface area contributed by atoms with Crippen molar-refractivity contribution in [1.82, 2.24) is 10.9 Å². The number of alkyl halides is 1. The molecule has 3 atom stereocenters. The summed E-state index contributed by atoms with van der Waals surface area (Å²) in [5, 5.41) is 7.89. The van der Waals surface area contributed by atoms with Gasteiger partial charge in [0.05, 0.1) is 0 Å². The van der Waals surface area contributed by atoms with E-state index in [0.717, 1.165) is 24.2 Å². The number of nitrogens with zero attached hydrogens (tertiary/aromatic N) is 2. The second-order valence-corrected chi connectivity index (χ2v) is 7.76. The van der Waals surface area contributed by atoms with Crippen molar-refractivity contribution < 1.29 is 0 Å². The normalized spacial score (nSPS) is 38.8. The minimum absolute atomic E-state index is 0.0121. The van der Waals surface area contributed by atoms with Crippen LogP contribution in [-0.4, -0.2) is 17.6 Å². The van der Waals surface area contributed by atoms with Gasteiger partial charge in [0.2, 0.25) is 0 Å². The topological polar surface area (TPSA) is 74.8 Å². The van der Waals surface area contributed by atoms with Crippen molar-refractivity contribution in [2.45, 2.75) is 75.4 Å². The van der Waals surface area contributed by atoms with Crippen LogP contribution in [0.2, 0.25) is 0 Å². The molecular formula is C15H28ClN5. The fourth-order valence-corrected chi connectivity index (χ4v) is 4.80. The lowest BCUT2D eigenvalue weighted by atomic mass is 9.70. The molecule has 0 aromatic rings. The fraction of sp³-hybridized carbons (Fsp3) is 1.00. The summed E-state index contributed by atoms with van der Waals surface area (Å²) >= 11 is 6.35. The van der Waals surface area contributed by atoms with Crippen molar-refractivity contribution in [2.24, 2.45) is 33.9 Å². The molecule has 0 radical (unpaired) electrons. The molecule has 2 fully saturated rings. The molecule has 0 aromatic heterocycles. The highest BCUT2D eigenvalue weighted by atomic mass is 35.5. The molecule has 0 saturated heterocycles. The van der Waals surface area contributed by atoms with Crippen LogP contribution in [0.15, 0.2) is 10.4 Å². The van der Waals surface area contributed by atoms with Crippen LogP contribution in [0.3, 0.4) is 0 Å². The van der Waals surface area contributed by atoms with E-state index in [9.17, 15) is 0 Å². The number of hydrogen-bond acceptors (Lipinski definition) is 5. The van der Waals surface area contributed by atoms with Crippen LogP contribution in [0, 0.1) is 17.8 Å². The van der Waals surface area contributed by atoms with Crippen molar-refractivity contribution >= 4 is 11.6 Å². The summed E-state index contributed by atoms with van der Waals surface area (Å²) in [6.07, 6.45) is 11.6. The van der Waals surface area contributed by atoms with E-state index in [0.29, 0.717) is 5.38 Å². The molecule has 2 unspecified atom stereocenters. The zero-order chi connectivity index (χ0) is 14.7. The Morgan fingerprint density at radius 2 is 1.71 bits per heavy atom. The summed E-state index contributed by atoms with van der Waals surface area (Å²) in [6.45, 7) is 0. The van der Waals surface area contributed by atoms with Crippen LogP contribution in [-0.2, 0) is 0 Å². The van der Waals surface area contributed by atoms with E-state index < -0.39 is 0 Å². The number of nitrogens with two attached hydrogens (primary N) is 1. The van der Waals surface area contributed by atoms with Gasteiger partial charge in [-0.05, 0) is 49.9 Å². The Morgan fingerprint density at radius 3 is 2.38 bits per heavy atom. The summed E-state index contributed by atoms with van der Waals surface area (Å²) in [5.74, 6) is 2.55. The molecule has 6 heteroatoms. The predicted molar refractivity (Wildman–Crippen MR) is 84.6 cm³/mol. The van der Waals surface area contributed by atoms with Crippen LogP contribution < -0.4 is 16.6 Å². The number of halogens is 1. The van der Waals surface area contributed by atoms with Crippen molar-refractivity contribution in [2.75, 3.05) is 0 Å². The van der Waals surface area contributed by atoms with Crippen LogP contribution in [0.1, 0.15) is 57.8 Å². The average Bonchev–Trinajstić information content (AvgIpc) is 3.02. The maximum atomic E-state index is 6.35. The third kappa shape index (κ3) is 4.01. The number of rotatable bonds is 4. The molecule has 21 heavy (non-hydrogen) atoms. The van der Waals surface area contributed by atoms with Gasteiger partial charge in [0.15, 0.2) is 0 Å². The molecule has 0 spiro atoms. The summed E-state index contributed by atoms with van der Waals surface area (Å²) in [5.41, 5.74) is 12.1. The Balaban J connectivity index is 1.40. The SMILES string of the molecule is N[C@@H](CC1CCC(C2CCCC(Cl)C2)CC1)C1NN=NN1. The third-order valence-corrected chi connectivity index (χ3v) is 6.08. The van der Waals surface area contributed by atoms with Gasteiger partial charge < -0.3 is 5.73 Å². The first-order valence-corrected chi connectivity index (χ1v) is 8.96. The number of nitrogens with one attached hydrogen (secondary N) is 2. The number of hydrogen-bond donors (Lipinski definition) is 3. The molecular weight excluding hydrogens is 286 g/mol. The average molecular weight is 314 g/mol. The monoisotopic (exact) mass is 313 g/mol. The van der Waals surface area contributed by atoms with Gasteiger partial charge in [-0.1, -0.05) is 36.1 Å². The predicted octanol–water partition coefficient (Wildman–Crippen LogP) is 3.11. The van der Waals surface area contributed by atoms with Gasteiger partial charge >= 0.3 is 0 Å². The molecule has 5 nitrogen and oxygen atoms in total. The molecule has 4 N–H and O–H groups in total. The zero-order valence-corrected chi connectivity index (χ0v) is 13.4. The highest BCUT2D eigenvalue weighted by Crippen LogP contribution is 2.41. The van der Waals surface area contributed by atoms with Gasteiger partial charge in [0.1, 0.15) is 6.17 Å². The maximum absolute atomic E-state index is 6.35. The molecule has 2 aliphatic carbocycles. The molecule has 0 aromatic carbocycles. The Morgan fingerprint density at radius 1 is 1.00 bits per heavy atom. The van der Waals surface area contributed by atoms with E-state index in [1.165, 1.54) is 51.4 Å². The van der Waals surface area contributed by atoms with Gasteiger partial charge in [-0.2, -0.15) is 0 Å². The summed E-state index contributed by atoms with van der Waals surface area (Å²) < 4.78 is 0. The Kier molecular flexibility index (Phi) is 5.22. The lowest BCUT2D eigenvalue weighted by molar-refractivity contribution is 0.158. The molecule has 2 saturated carbocycles. The fourth-order valence-electron chi connectivity index (χ4n) is 4.41. The first kappa shape index (κ1) is 15.3. The van der Waals surface area contributed by atoms with Gasteiger partial charge in [0.25, 0.3) is 0 Å². The second-order valence-electron chi connectivity index (χ2n) is 7.14. The van der Waals surface area contributed by atoms with Crippen molar-refractivity contribution in [3.63, 3.8) is 0 Å². The Labute approximate surface area is 132 Å². The maximum Gasteiger partial charge on any atom is 0.147 e. The molecule has 1 heterocycles. The first-order valence-electron chi connectivity index (χ1n) is 8.53. The van der Waals surface area contributed by atoms with E-state index in [2.05, 4.69) is 21.3 Å². The Hall–Kier alpha value is -0.550. The van der Waals surface area contributed by atoms with Gasteiger partial charge in [-0.25, -0.2) is 0 Å². The van der Waals surface area contributed by atoms with E-state index in [4.69, 9.17) is 17.3 Å². The van der Waals surface area contributed by atoms with Crippen molar-refractivity contribution in [3.8, 4) is 0 Å². The summed E-state index contributed by atoms with van der Waals surface area (Å²) in [6, 6.07) is 0.0865. The zero-order valence-electron chi connectivity index (χ0n) is 12.7. The summed E-state index contributed by atoms with van der Waals surface area (Å²) in [7, 11) is 0. The van der Waals surface area contributed by atoms with Gasteiger partial charge in [-0.15, -0.1) is 11.6 Å². The van der Waals surface area contributed by atoms with Crippen LogP contribution >= 0.6 is 11.6 Å². The molecule has 0 amide bonds. The van der Waals surface area contributed by atoms with E-state index in [1.807, 2.05) is 0 Å². The van der Waals surface area contributed by atoms with Crippen LogP contribution in [0.4, 0.5) is 0 Å². The lowest BCUT2D eigenvalue weighted by Crippen LogP contribution is -2.48. The second kappa shape index (κ2) is 7.14. The highest BCUT2D eigenvalue weighted by Gasteiger charge is 2.32. The van der Waals surface area contributed by atoms with Gasteiger partial charge in [0, 0.05) is 11.4 Å². The molecule has 3 aliphatic rings. The smallest absolute Gasteiger partial charge is 0.147 e. The van der Waals surface area contributed by atoms with E-state index >= 15 is 0 Å². The van der Waals surface area contributed by atoms with Crippen molar-refractivity contribution in [3.05, 3.63) is 0 Å². The van der Waals surface area contributed by atoms with Crippen LogP contribution in [0.25, 0.3) is 0 Å². The summed E-state index contributed by atoms with van der Waals surface area (Å²) in [4.78, 5) is 0. The highest BCUT2D eigenvalue weighted by molar-refractivity contribution is 6.20. The minimum atomic E-state index is 0.0121. The van der Waals surface area contributed by atoms with E-state index in [-0.39, 0.29) is 12.2 Å². The minimum Gasteiger partial charge on any atom is -0.324 e. The molecule has 3 rings (SSSR count). The van der Waals surface area contributed by atoms with E-state index in [1.54, 1.807) is 0 Å². The Bertz CT molecular complexity index is 348. The van der Waals surface area contributed by atoms with Gasteiger partial charge in [-0.3, -0.25) is 10.9 Å². The third-order valence-electron chi connectivity index (χ3n) is 5.69. The molecule has 1 aliphatic heterocycles. The molecule has 0 bridgehead atoms. The van der Waals surface area contributed by atoms with Crippen molar-refractivity contribution in [1.29, 1.82) is 0 Å².